The van der Waals surface area contributed by atoms with E-state index in [9.17, 15) is 9.90 Å². The third-order valence-corrected chi connectivity index (χ3v) is 9.26. The molecule has 4 bridgehead atoms. The number of aromatic carboxylic acids is 1. The Bertz CT molecular complexity index is 1230. The average Bonchev–Trinajstić information content (AvgIpc) is 3.46. The Kier molecular flexibility index (Phi) is 5.05. The Hall–Kier alpha value is -2.67. The van der Waals surface area contributed by atoms with Gasteiger partial charge in [0.15, 0.2) is 5.82 Å². The zero-order valence-corrected chi connectivity index (χ0v) is 20.2. The van der Waals surface area contributed by atoms with Crippen LogP contribution < -0.4 is 0 Å². The van der Waals surface area contributed by atoms with E-state index in [0.29, 0.717) is 23.9 Å². The zero-order valence-electron chi connectivity index (χ0n) is 20.2. The fourth-order valence-electron chi connectivity index (χ4n) is 8.05. The number of benzene rings is 1. The lowest BCUT2D eigenvalue weighted by molar-refractivity contribution is -0.169. The number of rotatable bonds is 6. The Morgan fingerprint density at radius 3 is 2.40 bits per heavy atom. The SMILES string of the molecule is O=C(O)c1cccc2[nH]c(-c3nc(C4CCCCC4)[nH]c3COC34CC5CC(CC(C5)C3)C4)nc12. The first-order valence-corrected chi connectivity index (χ1v) is 13.5. The van der Waals surface area contributed by atoms with Crippen molar-refractivity contribution < 1.29 is 14.6 Å². The van der Waals surface area contributed by atoms with Crippen LogP contribution in [-0.2, 0) is 11.3 Å². The van der Waals surface area contributed by atoms with Crippen molar-refractivity contribution in [3.05, 3.63) is 35.3 Å². The monoisotopic (exact) mass is 474 g/mol. The van der Waals surface area contributed by atoms with Gasteiger partial charge < -0.3 is 19.8 Å². The molecule has 5 saturated carbocycles. The molecule has 5 aliphatic carbocycles. The van der Waals surface area contributed by atoms with Gasteiger partial charge in [-0.05, 0) is 81.3 Å². The molecule has 0 atom stereocenters. The van der Waals surface area contributed by atoms with Crippen molar-refractivity contribution in [2.24, 2.45) is 17.8 Å². The fourth-order valence-corrected chi connectivity index (χ4v) is 8.05. The second-order valence-corrected chi connectivity index (χ2v) is 11.8. The molecule has 1 aromatic carbocycles. The number of H-pyrrole nitrogens is 2. The minimum Gasteiger partial charge on any atom is -0.478 e. The van der Waals surface area contributed by atoms with Crippen LogP contribution in [0.2, 0.25) is 0 Å². The summed E-state index contributed by atoms with van der Waals surface area (Å²) in [4.78, 5) is 28.5. The van der Waals surface area contributed by atoms with Crippen LogP contribution in [0, 0.1) is 17.8 Å². The molecule has 7 nitrogen and oxygen atoms in total. The molecule has 0 amide bonds. The van der Waals surface area contributed by atoms with Crippen molar-refractivity contribution in [2.75, 3.05) is 0 Å². The quantitative estimate of drug-likeness (QED) is 0.395. The van der Waals surface area contributed by atoms with Crippen molar-refractivity contribution in [2.45, 2.75) is 88.8 Å². The number of aromatic amines is 2. The average molecular weight is 475 g/mol. The summed E-state index contributed by atoms with van der Waals surface area (Å²) in [5.41, 5.74) is 3.17. The van der Waals surface area contributed by atoms with Crippen LogP contribution in [0.4, 0.5) is 0 Å². The normalized spacial score (nSPS) is 30.3. The molecule has 8 rings (SSSR count). The Morgan fingerprint density at radius 1 is 1.00 bits per heavy atom. The predicted octanol–water partition coefficient (Wildman–Crippen LogP) is 6.18. The van der Waals surface area contributed by atoms with Gasteiger partial charge in [-0.2, -0.15) is 0 Å². The van der Waals surface area contributed by atoms with Crippen molar-refractivity contribution in [3.8, 4) is 11.5 Å². The van der Waals surface area contributed by atoms with Gasteiger partial charge in [0.1, 0.15) is 17.0 Å². The number of para-hydroxylation sites is 1. The van der Waals surface area contributed by atoms with E-state index in [1.807, 2.05) is 6.07 Å². The molecule has 5 aliphatic rings. The molecule has 0 aliphatic heterocycles. The van der Waals surface area contributed by atoms with Crippen molar-refractivity contribution >= 4 is 17.0 Å². The third kappa shape index (κ3) is 3.79. The summed E-state index contributed by atoms with van der Waals surface area (Å²) in [6.45, 7) is 0.504. The third-order valence-electron chi connectivity index (χ3n) is 9.26. The van der Waals surface area contributed by atoms with Crippen LogP contribution in [0.15, 0.2) is 18.2 Å². The highest BCUT2D eigenvalue weighted by atomic mass is 16.5. The van der Waals surface area contributed by atoms with Gasteiger partial charge in [0.25, 0.3) is 0 Å². The van der Waals surface area contributed by atoms with E-state index in [4.69, 9.17) is 14.7 Å². The lowest BCUT2D eigenvalue weighted by Crippen LogP contribution is -2.51. The number of nitrogens with one attached hydrogen (secondary N) is 2. The lowest BCUT2D eigenvalue weighted by atomic mass is 9.54. The first kappa shape index (κ1) is 21.6. The number of carbonyl (C=O) groups is 1. The van der Waals surface area contributed by atoms with Crippen LogP contribution in [0.3, 0.4) is 0 Å². The standard InChI is InChI=1S/C28H34N4O3/c33-27(34)20-7-4-8-21-23(20)31-26(29-21)24-22(30-25(32-24)19-5-2-1-3-6-19)15-35-28-12-16-9-17(13-28)11-18(10-16)14-28/h4,7-8,16-19H,1-3,5-6,9-15H2,(H,29,31)(H,30,32)(H,33,34). The molecule has 7 heteroatoms. The molecule has 5 fully saturated rings. The largest absolute Gasteiger partial charge is 0.478 e. The smallest absolute Gasteiger partial charge is 0.337 e. The van der Waals surface area contributed by atoms with E-state index in [-0.39, 0.29) is 11.2 Å². The molecule has 35 heavy (non-hydrogen) atoms. The molecular weight excluding hydrogens is 440 g/mol. The zero-order chi connectivity index (χ0) is 23.6. The van der Waals surface area contributed by atoms with Crippen LogP contribution >= 0.6 is 0 Å². The molecule has 0 spiro atoms. The minimum atomic E-state index is -0.969. The topological polar surface area (TPSA) is 104 Å². The second-order valence-electron chi connectivity index (χ2n) is 11.8. The summed E-state index contributed by atoms with van der Waals surface area (Å²) in [5, 5.41) is 9.63. The molecule has 0 unspecified atom stereocenters. The van der Waals surface area contributed by atoms with Gasteiger partial charge in [-0.1, -0.05) is 25.3 Å². The maximum absolute atomic E-state index is 11.8. The lowest BCUT2D eigenvalue weighted by Gasteiger charge is -2.56. The van der Waals surface area contributed by atoms with Crippen LogP contribution in [0.5, 0.6) is 0 Å². The summed E-state index contributed by atoms with van der Waals surface area (Å²) in [7, 11) is 0. The number of nitrogens with zero attached hydrogens (tertiary/aromatic N) is 2. The second kappa shape index (κ2) is 8.19. The Balaban J connectivity index is 1.23. The first-order chi connectivity index (χ1) is 17.1. The van der Waals surface area contributed by atoms with E-state index in [1.165, 1.54) is 57.8 Å². The number of ether oxygens (including phenoxy) is 1. The summed E-state index contributed by atoms with van der Waals surface area (Å²) < 4.78 is 6.82. The van der Waals surface area contributed by atoms with E-state index in [0.717, 1.165) is 53.3 Å². The van der Waals surface area contributed by atoms with Crippen LogP contribution in [0.25, 0.3) is 22.6 Å². The van der Waals surface area contributed by atoms with Gasteiger partial charge >= 0.3 is 5.97 Å². The number of fused-ring (bicyclic) bond motifs is 1. The Labute approximate surface area is 205 Å². The first-order valence-electron chi connectivity index (χ1n) is 13.5. The molecule has 184 valence electrons. The van der Waals surface area contributed by atoms with Crippen molar-refractivity contribution in [1.29, 1.82) is 0 Å². The summed E-state index contributed by atoms with van der Waals surface area (Å²) in [6.07, 6.45) is 13.9. The summed E-state index contributed by atoms with van der Waals surface area (Å²) in [6, 6.07) is 5.23. The van der Waals surface area contributed by atoms with Crippen molar-refractivity contribution in [1.82, 2.24) is 19.9 Å². The number of imidazole rings is 2. The van der Waals surface area contributed by atoms with Gasteiger partial charge in [-0.15, -0.1) is 0 Å². The highest BCUT2D eigenvalue weighted by Crippen LogP contribution is 2.57. The number of hydrogen-bond donors (Lipinski definition) is 3. The molecule has 0 radical (unpaired) electrons. The number of carboxylic acid groups (broad SMARTS) is 1. The van der Waals surface area contributed by atoms with Crippen LogP contribution in [-0.4, -0.2) is 36.6 Å². The number of hydrogen-bond acceptors (Lipinski definition) is 4. The van der Waals surface area contributed by atoms with E-state index in [2.05, 4.69) is 9.97 Å². The number of aromatic nitrogens is 4. The summed E-state index contributed by atoms with van der Waals surface area (Å²) in [5.74, 6) is 3.64. The van der Waals surface area contributed by atoms with E-state index in [1.54, 1.807) is 12.1 Å². The van der Waals surface area contributed by atoms with E-state index < -0.39 is 5.97 Å². The van der Waals surface area contributed by atoms with Gasteiger partial charge in [-0.3, -0.25) is 0 Å². The fraction of sp³-hybridized carbons (Fsp3) is 0.607. The van der Waals surface area contributed by atoms with Gasteiger partial charge in [0, 0.05) is 5.92 Å². The minimum absolute atomic E-state index is 0.0203. The van der Waals surface area contributed by atoms with Gasteiger partial charge in [-0.25, -0.2) is 14.8 Å². The molecule has 3 aromatic rings. The highest BCUT2D eigenvalue weighted by molar-refractivity contribution is 6.01. The van der Waals surface area contributed by atoms with Gasteiger partial charge in [0.2, 0.25) is 0 Å². The van der Waals surface area contributed by atoms with Gasteiger partial charge in [0.05, 0.1) is 29.0 Å². The maximum Gasteiger partial charge on any atom is 0.337 e. The molecule has 3 N–H and O–H groups in total. The molecular formula is C28H34N4O3. The molecule has 0 saturated heterocycles. The molecule has 2 heterocycles. The highest BCUT2D eigenvalue weighted by Gasteiger charge is 2.51. The van der Waals surface area contributed by atoms with E-state index >= 15 is 0 Å². The Morgan fingerprint density at radius 2 is 1.71 bits per heavy atom. The molecule has 2 aromatic heterocycles. The van der Waals surface area contributed by atoms with Crippen LogP contribution in [0.1, 0.15) is 98.4 Å². The van der Waals surface area contributed by atoms with Crippen molar-refractivity contribution in [3.63, 3.8) is 0 Å². The number of carboxylic acids is 1. The maximum atomic E-state index is 11.8. The summed E-state index contributed by atoms with van der Waals surface area (Å²) >= 11 is 0. The predicted molar refractivity (Wildman–Crippen MR) is 132 cm³/mol.